The van der Waals surface area contributed by atoms with Crippen molar-refractivity contribution < 1.29 is 22.6 Å². The Morgan fingerprint density at radius 2 is 2.00 bits per heavy atom. The smallest absolute Gasteiger partial charge is 0.381 e. The van der Waals surface area contributed by atoms with Crippen LogP contribution in [0.3, 0.4) is 0 Å². The first-order valence-electron chi connectivity index (χ1n) is 9.72. The number of benzene rings is 1. The normalized spacial score (nSPS) is 23.0. The van der Waals surface area contributed by atoms with E-state index in [9.17, 15) is 13.2 Å². The number of nitrogens with one attached hydrogen (secondary N) is 1. The summed E-state index contributed by atoms with van der Waals surface area (Å²) in [6, 6.07) is 7.34. The standard InChI is InChI=1S/C20H28F3N3O2/c1-2-24-18(26-9-7-19(13-26)8-10-27-14-19)25-11-16-3-5-17(6-4-16)12-28-15-20(21,22)23/h3-6H,2,7-15H2,1H3,(H,24,25). The molecule has 2 aliphatic heterocycles. The highest BCUT2D eigenvalue weighted by Gasteiger charge is 2.42. The lowest BCUT2D eigenvalue weighted by molar-refractivity contribution is -0.176. The lowest BCUT2D eigenvalue weighted by atomic mass is 9.87. The molecule has 0 saturated carbocycles. The van der Waals surface area contributed by atoms with Gasteiger partial charge in [-0.25, -0.2) is 4.99 Å². The van der Waals surface area contributed by atoms with Crippen molar-refractivity contribution in [2.75, 3.05) is 39.5 Å². The van der Waals surface area contributed by atoms with E-state index in [1.54, 1.807) is 12.1 Å². The van der Waals surface area contributed by atoms with Crippen molar-refractivity contribution in [3.63, 3.8) is 0 Å². The Kier molecular flexibility index (Phi) is 6.82. The van der Waals surface area contributed by atoms with E-state index in [0.29, 0.717) is 12.1 Å². The van der Waals surface area contributed by atoms with Gasteiger partial charge in [-0.15, -0.1) is 0 Å². The second-order valence-electron chi connectivity index (χ2n) is 7.57. The number of likely N-dealkylation sites (tertiary alicyclic amines) is 1. The minimum atomic E-state index is -4.30. The first-order chi connectivity index (χ1) is 13.4. The van der Waals surface area contributed by atoms with E-state index in [4.69, 9.17) is 9.73 Å². The number of hydrogen-bond donors (Lipinski definition) is 1. The molecule has 1 unspecified atom stereocenters. The Labute approximate surface area is 163 Å². The van der Waals surface area contributed by atoms with Gasteiger partial charge >= 0.3 is 6.18 Å². The predicted molar refractivity (Wildman–Crippen MR) is 101 cm³/mol. The van der Waals surface area contributed by atoms with Gasteiger partial charge in [0.15, 0.2) is 5.96 Å². The minimum Gasteiger partial charge on any atom is -0.381 e. The molecule has 0 radical (unpaired) electrons. The summed E-state index contributed by atoms with van der Waals surface area (Å²) in [5.41, 5.74) is 1.99. The third-order valence-electron chi connectivity index (χ3n) is 5.23. The van der Waals surface area contributed by atoms with Crippen LogP contribution in [0.4, 0.5) is 13.2 Å². The molecule has 1 aromatic rings. The molecule has 2 saturated heterocycles. The van der Waals surface area contributed by atoms with Crippen LogP contribution in [0.25, 0.3) is 0 Å². The number of nitrogens with zero attached hydrogens (tertiary/aromatic N) is 2. The number of ether oxygens (including phenoxy) is 2. The number of halogens is 3. The van der Waals surface area contributed by atoms with Crippen molar-refractivity contribution in [3.05, 3.63) is 35.4 Å². The summed E-state index contributed by atoms with van der Waals surface area (Å²) in [4.78, 5) is 7.06. The van der Waals surface area contributed by atoms with Crippen LogP contribution in [0.5, 0.6) is 0 Å². The van der Waals surface area contributed by atoms with E-state index in [2.05, 4.69) is 21.9 Å². The van der Waals surface area contributed by atoms with Gasteiger partial charge in [-0.05, 0) is 30.9 Å². The van der Waals surface area contributed by atoms with Crippen LogP contribution in [0.1, 0.15) is 30.9 Å². The molecule has 2 aliphatic rings. The van der Waals surface area contributed by atoms with Gasteiger partial charge in [0, 0.05) is 31.7 Å². The third kappa shape index (κ3) is 5.85. The number of aliphatic imine (C=N–C) groups is 1. The van der Waals surface area contributed by atoms with Crippen LogP contribution < -0.4 is 5.32 Å². The van der Waals surface area contributed by atoms with E-state index >= 15 is 0 Å². The van der Waals surface area contributed by atoms with Gasteiger partial charge in [0.1, 0.15) is 6.61 Å². The van der Waals surface area contributed by atoms with Crippen molar-refractivity contribution in [2.24, 2.45) is 10.4 Å². The Balaban J connectivity index is 1.54. The molecule has 5 nitrogen and oxygen atoms in total. The van der Waals surface area contributed by atoms with Crippen molar-refractivity contribution >= 4 is 5.96 Å². The quantitative estimate of drug-likeness (QED) is 0.589. The first kappa shape index (κ1) is 20.9. The lowest BCUT2D eigenvalue weighted by Gasteiger charge is -2.25. The Bertz CT molecular complexity index is 656. The maximum absolute atomic E-state index is 12.1. The van der Waals surface area contributed by atoms with Gasteiger partial charge in [0.2, 0.25) is 0 Å². The molecule has 0 aromatic heterocycles. The minimum absolute atomic E-state index is 0.0520. The molecule has 1 N–H and O–H groups in total. The fourth-order valence-corrected chi connectivity index (χ4v) is 3.70. The molecule has 1 aromatic carbocycles. The van der Waals surface area contributed by atoms with Crippen LogP contribution in [-0.4, -0.2) is 56.5 Å². The molecule has 0 amide bonds. The fourth-order valence-electron chi connectivity index (χ4n) is 3.70. The number of rotatable bonds is 6. The molecule has 8 heteroatoms. The summed E-state index contributed by atoms with van der Waals surface area (Å²) < 4.78 is 46.7. The summed E-state index contributed by atoms with van der Waals surface area (Å²) in [6.07, 6.45) is -2.05. The van der Waals surface area contributed by atoms with E-state index in [1.165, 1.54) is 0 Å². The zero-order valence-electron chi connectivity index (χ0n) is 16.2. The maximum atomic E-state index is 12.1. The van der Waals surface area contributed by atoms with Crippen LogP contribution in [0.2, 0.25) is 0 Å². The third-order valence-corrected chi connectivity index (χ3v) is 5.23. The maximum Gasteiger partial charge on any atom is 0.411 e. The fraction of sp³-hybridized carbons (Fsp3) is 0.650. The summed E-state index contributed by atoms with van der Waals surface area (Å²) in [5, 5.41) is 3.36. The number of guanidine groups is 1. The summed E-state index contributed by atoms with van der Waals surface area (Å²) >= 11 is 0. The van der Waals surface area contributed by atoms with Crippen LogP contribution >= 0.6 is 0 Å². The molecule has 0 bridgehead atoms. The molecule has 156 valence electrons. The van der Waals surface area contributed by atoms with Crippen LogP contribution in [0.15, 0.2) is 29.3 Å². The molecular formula is C20H28F3N3O2. The second kappa shape index (κ2) is 9.13. The highest BCUT2D eigenvalue weighted by Crippen LogP contribution is 2.38. The van der Waals surface area contributed by atoms with E-state index in [1.807, 2.05) is 12.1 Å². The molecular weight excluding hydrogens is 371 g/mol. The molecule has 1 spiro atoms. The largest absolute Gasteiger partial charge is 0.411 e. The summed E-state index contributed by atoms with van der Waals surface area (Å²) in [5.74, 6) is 0.906. The van der Waals surface area contributed by atoms with Crippen LogP contribution in [0, 0.1) is 5.41 Å². The molecule has 3 rings (SSSR count). The first-order valence-corrected chi connectivity index (χ1v) is 9.72. The second-order valence-corrected chi connectivity index (χ2v) is 7.57. The van der Waals surface area contributed by atoms with E-state index < -0.39 is 12.8 Å². The van der Waals surface area contributed by atoms with Crippen molar-refractivity contribution in [2.45, 2.75) is 39.1 Å². The Morgan fingerprint density at radius 1 is 1.25 bits per heavy atom. The lowest BCUT2D eigenvalue weighted by Crippen LogP contribution is -2.41. The van der Waals surface area contributed by atoms with Gasteiger partial charge < -0.3 is 19.7 Å². The number of hydrogen-bond acceptors (Lipinski definition) is 3. The molecule has 1 atom stereocenters. The van der Waals surface area contributed by atoms with Gasteiger partial charge in [0.05, 0.1) is 19.8 Å². The van der Waals surface area contributed by atoms with Crippen molar-refractivity contribution in [3.8, 4) is 0 Å². The Hall–Kier alpha value is -1.80. The SMILES string of the molecule is CCNC(=NCc1ccc(COCC(F)(F)F)cc1)N1CCC2(CCOC2)C1. The zero-order chi connectivity index (χ0) is 20.0. The zero-order valence-corrected chi connectivity index (χ0v) is 16.2. The average Bonchev–Trinajstić information content (AvgIpc) is 3.29. The Morgan fingerprint density at radius 3 is 2.64 bits per heavy atom. The highest BCUT2D eigenvalue weighted by atomic mass is 19.4. The van der Waals surface area contributed by atoms with Gasteiger partial charge in [-0.2, -0.15) is 13.2 Å². The monoisotopic (exact) mass is 399 g/mol. The topological polar surface area (TPSA) is 46.1 Å². The average molecular weight is 399 g/mol. The predicted octanol–water partition coefficient (Wildman–Crippen LogP) is 3.34. The van der Waals surface area contributed by atoms with Gasteiger partial charge in [-0.1, -0.05) is 24.3 Å². The van der Waals surface area contributed by atoms with Gasteiger partial charge in [0.25, 0.3) is 0 Å². The molecule has 2 fully saturated rings. The van der Waals surface area contributed by atoms with E-state index in [0.717, 1.165) is 57.2 Å². The summed E-state index contributed by atoms with van der Waals surface area (Å²) in [7, 11) is 0. The highest BCUT2D eigenvalue weighted by molar-refractivity contribution is 5.80. The molecule has 0 aliphatic carbocycles. The summed E-state index contributed by atoms with van der Waals surface area (Å²) in [6.45, 7) is 5.72. The van der Waals surface area contributed by atoms with Crippen LogP contribution in [-0.2, 0) is 22.6 Å². The molecule has 2 heterocycles. The van der Waals surface area contributed by atoms with E-state index in [-0.39, 0.29) is 12.0 Å². The van der Waals surface area contributed by atoms with Gasteiger partial charge in [-0.3, -0.25) is 0 Å². The van der Waals surface area contributed by atoms with Crippen molar-refractivity contribution in [1.29, 1.82) is 0 Å². The number of alkyl halides is 3. The van der Waals surface area contributed by atoms with Crippen molar-refractivity contribution in [1.82, 2.24) is 10.2 Å². The molecule has 28 heavy (non-hydrogen) atoms.